The monoisotopic (exact) mass is 448 g/mol. The number of para-hydroxylation sites is 2. The maximum atomic E-state index is 12.8. The van der Waals surface area contributed by atoms with Crippen LogP contribution in [0.2, 0.25) is 0 Å². The van der Waals surface area contributed by atoms with Crippen LogP contribution < -0.4 is 9.64 Å². The van der Waals surface area contributed by atoms with Crippen LogP contribution in [0.15, 0.2) is 54.6 Å². The zero-order valence-electron chi connectivity index (χ0n) is 18.5. The van der Waals surface area contributed by atoms with Crippen molar-refractivity contribution in [2.45, 2.75) is 51.3 Å². The zero-order valence-corrected chi connectivity index (χ0v) is 18.5. The number of likely N-dealkylation sites (tertiary alicyclic amines) is 1. The molecule has 174 valence electrons. The molecule has 2 fully saturated rings. The van der Waals surface area contributed by atoms with Gasteiger partial charge in [-0.3, -0.25) is 4.90 Å². The van der Waals surface area contributed by atoms with E-state index in [1.807, 2.05) is 23.1 Å². The molecule has 32 heavy (non-hydrogen) atoms. The first kappa shape index (κ1) is 22.9. The molecule has 4 rings (SSSR count). The Bertz CT molecular complexity index is 877. The summed E-state index contributed by atoms with van der Waals surface area (Å²) in [5, 5.41) is 0. The Balaban J connectivity index is 1.39. The summed E-state index contributed by atoms with van der Waals surface area (Å²) in [4.78, 5) is 4.45. The number of anilines is 1. The van der Waals surface area contributed by atoms with Gasteiger partial charge in [0, 0.05) is 26.2 Å². The van der Waals surface area contributed by atoms with E-state index in [1.54, 1.807) is 18.2 Å². The molecule has 4 nitrogen and oxygen atoms in total. The van der Waals surface area contributed by atoms with Gasteiger partial charge in [0.15, 0.2) is 5.75 Å². The molecule has 0 saturated carbocycles. The van der Waals surface area contributed by atoms with Crippen LogP contribution in [0.5, 0.6) is 5.75 Å². The third-order valence-electron chi connectivity index (χ3n) is 6.58. The molecule has 0 radical (unpaired) electrons. The Morgan fingerprint density at radius 3 is 2.53 bits per heavy atom. The Morgan fingerprint density at radius 1 is 1.00 bits per heavy atom. The predicted molar refractivity (Wildman–Crippen MR) is 119 cm³/mol. The van der Waals surface area contributed by atoms with Crippen LogP contribution in [0, 0.1) is 5.92 Å². The average molecular weight is 449 g/mol. The van der Waals surface area contributed by atoms with Crippen molar-refractivity contribution in [1.82, 2.24) is 4.90 Å². The normalized spacial score (nSPS) is 24.6. The van der Waals surface area contributed by atoms with Crippen molar-refractivity contribution < 1.29 is 22.6 Å². The van der Waals surface area contributed by atoms with Crippen LogP contribution in [0.25, 0.3) is 0 Å². The van der Waals surface area contributed by atoms with Gasteiger partial charge in [0.25, 0.3) is 0 Å². The van der Waals surface area contributed by atoms with E-state index in [2.05, 4.69) is 28.7 Å². The SMILES string of the molecule is CC1(OCc2ccccc2)CCCCN1C[C@@H]1CCN(c2ccccc2OC(F)(F)F)C1. The van der Waals surface area contributed by atoms with Crippen LogP contribution >= 0.6 is 0 Å². The van der Waals surface area contributed by atoms with Crippen LogP contribution in [0.4, 0.5) is 18.9 Å². The maximum absolute atomic E-state index is 12.8. The molecule has 2 aromatic carbocycles. The minimum atomic E-state index is -4.69. The summed E-state index contributed by atoms with van der Waals surface area (Å²) in [5.74, 6) is 0.237. The van der Waals surface area contributed by atoms with Gasteiger partial charge in [-0.05, 0) is 56.2 Å². The summed E-state index contributed by atoms with van der Waals surface area (Å²) in [6.07, 6.45) is -0.491. The molecule has 0 amide bonds. The molecule has 2 aromatic rings. The van der Waals surface area contributed by atoms with Crippen LogP contribution in [-0.2, 0) is 11.3 Å². The van der Waals surface area contributed by atoms with Gasteiger partial charge < -0.3 is 14.4 Å². The summed E-state index contributed by atoms with van der Waals surface area (Å²) in [6.45, 7) is 6.04. The Kier molecular flexibility index (Phi) is 6.96. The number of nitrogens with zero attached hydrogens (tertiary/aromatic N) is 2. The Labute approximate surface area is 187 Å². The Hall–Kier alpha value is -2.25. The van der Waals surface area contributed by atoms with Gasteiger partial charge in [0.2, 0.25) is 0 Å². The molecular formula is C25H31F3N2O2. The first-order valence-electron chi connectivity index (χ1n) is 11.4. The smallest absolute Gasteiger partial charge is 0.404 e. The van der Waals surface area contributed by atoms with Crippen molar-refractivity contribution in [1.29, 1.82) is 0 Å². The average Bonchev–Trinajstić information content (AvgIpc) is 3.23. The molecule has 0 aromatic heterocycles. The van der Waals surface area contributed by atoms with E-state index in [1.165, 1.54) is 6.07 Å². The second-order valence-corrected chi connectivity index (χ2v) is 8.97. The highest BCUT2D eigenvalue weighted by molar-refractivity contribution is 5.59. The fourth-order valence-electron chi connectivity index (χ4n) is 4.85. The molecule has 0 aliphatic carbocycles. The number of rotatable bonds is 7. The highest BCUT2D eigenvalue weighted by Crippen LogP contribution is 2.37. The quantitative estimate of drug-likeness (QED) is 0.532. The van der Waals surface area contributed by atoms with Crippen LogP contribution in [-0.4, -0.2) is 43.2 Å². The first-order chi connectivity index (χ1) is 15.3. The number of alkyl halides is 3. The van der Waals surface area contributed by atoms with E-state index in [-0.39, 0.29) is 11.5 Å². The van der Waals surface area contributed by atoms with Gasteiger partial charge >= 0.3 is 6.36 Å². The summed E-state index contributed by atoms with van der Waals surface area (Å²) < 4.78 is 49.1. The molecule has 2 atom stereocenters. The largest absolute Gasteiger partial charge is 0.573 e. The fraction of sp³-hybridized carbons (Fsp3) is 0.520. The molecule has 2 saturated heterocycles. The predicted octanol–water partition coefficient (Wildman–Crippen LogP) is 5.83. The molecule has 1 unspecified atom stereocenters. The lowest BCUT2D eigenvalue weighted by Gasteiger charge is -2.45. The van der Waals surface area contributed by atoms with Gasteiger partial charge in [-0.1, -0.05) is 42.5 Å². The highest BCUT2D eigenvalue weighted by Gasteiger charge is 2.38. The van der Waals surface area contributed by atoms with E-state index >= 15 is 0 Å². The molecule has 7 heteroatoms. The van der Waals surface area contributed by atoms with Crippen molar-refractivity contribution in [2.75, 3.05) is 31.1 Å². The van der Waals surface area contributed by atoms with E-state index in [0.29, 0.717) is 24.8 Å². The van der Waals surface area contributed by atoms with Crippen molar-refractivity contribution in [3.8, 4) is 5.75 Å². The third-order valence-corrected chi connectivity index (χ3v) is 6.58. The summed E-state index contributed by atoms with van der Waals surface area (Å²) in [6, 6.07) is 16.6. The second kappa shape index (κ2) is 9.71. The van der Waals surface area contributed by atoms with Gasteiger partial charge in [0.05, 0.1) is 12.3 Å². The van der Waals surface area contributed by atoms with Crippen molar-refractivity contribution >= 4 is 5.69 Å². The molecule has 0 spiro atoms. The Morgan fingerprint density at radius 2 is 1.75 bits per heavy atom. The number of hydrogen-bond acceptors (Lipinski definition) is 4. The maximum Gasteiger partial charge on any atom is 0.573 e. The standard InChI is InChI=1S/C25H31F3N2O2/c1-24(31-19-20-9-3-2-4-10-20)14-7-8-15-30(24)18-21-13-16-29(17-21)22-11-5-6-12-23(22)32-25(26,27)28/h2-6,9-12,21H,7-8,13-19H2,1H3/t21-,24?/m1/s1. The van der Waals surface area contributed by atoms with Crippen LogP contribution in [0.1, 0.15) is 38.2 Å². The van der Waals surface area contributed by atoms with Crippen LogP contribution in [0.3, 0.4) is 0 Å². The van der Waals surface area contributed by atoms with Crippen molar-refractivity contribution in [2.24, 2.45) is 5.92 Å². The van der Waals surface area contributed by atoms with Gasteiger partial charge in [0.1, 0.15) is 5.72 Å². The summed E-state index contributed by atoms with van der Waals surface area (Å²) >= 11 is 0. The lowest BCUT2D eigenvalue weighted by Crippen LogP contribution is -2.53. The minimum Gasteiger partial charge on any atom is -0.404 e. The van der Waals surface area contributed by atoms with E-state index in [9.17, 15) is 13.2 Å². The summed E-state index contributed by atoms with van der Waals surface area (Å²) in [7, 11) is 0. The molecule has 0 N–H and O–H groups in total. The van der Waals surface area contributed by atoms with E-state index in [4.69, 9.17) is 4.74 Å². The van der Waals surface area contributed by atoms with Crippen molar-refractivity contribution in [3.63, 3.8) is 0 Å². The number of halogens is 3. The van der Waals surface area contributed by atoms with Gasteiger partial charge in [-0.15, -0.1) is 13.2 Å². The molecule has 2 heterocycles. The summed E-state index contributed by atoms with van der Waals surface area (Å²) in [5.41, 5.74) is 1.35. The highest BCUT2D eigenvalue weighted by atomic mass is 19.4. The number of benzene rings is 2. The molecule has 2 aliphatic heterocycles. The van der Waals surface area contributed by atoms with E-state index < -0.39 is 6.36 Å². The lowest BCUT2D eigenvalue weighted by atomic mass is 9.97. The fourth-order valence-corrected chi connectivity index (χ4v) is 4.85. The zero-order chi connectivity index (χ0) is 22.6. The van der Waals surface area contributed by atoms with Gasteiger partial charge in [-0.2, -0.15) is 0 Å². The number of piperidine rings is 1. The van der Waals surface area contributed by atoms with Crippen molar-refractivity contribution in [3.05, 3.63) is 60.2 Å². The number of hydrogen-bond donors (Lipinski definition) is 0. The second-order valence-electron chi connectivity index (χ2n) is 8.97. The third kappa shape index (κ3) is 5.75. The first-order valence-corrected chi connectivity index (χ1v) is 11.4. The number of ether oxygens (including phenoxy) is 2. The molecular weight excluding hydrogens is 417 g/mol. The van der Waals surface area contributed by atoms with E-state index in [0.717, 1.165) is 50.9 Å². The molecule has 0 bridgehead atoms. The molecule has 2 aliphatic rings. The topological polar surface area (TPSA) is 24.9 Å². The minimum absolute atomic E-state index is 0.130. The lowest BCUT2D eigenvalue weighted by molar-refractivity contribution is -0.274. The van der Waals surface area contributed by atoms with Gasteiger partial charge in [-0.25, -0.2) is 0 Å².